The third-order valence-corrected chi connectivity index (χ3v) is 6.57. The molecule has 1 saturated heterocycles. The van der Waals surface area contributed by atoms with E-state index in [0.29, 0.717) is 56.0 Å². The van der Waals surface area contributed by atoms with Crippen molar-refractivity contribution in [1.82, 2.24) is 10.2 Å². The van der Waals surface area contributed by atoms with Gasteiger partial charge in [0, 0.05) is 23.9 Å². The van der Waals surface area contributed by atoms with Crippen molar-refractivity contribution in [3.8, 4) is 0 Å². The topological polar surface area (TPSA) is 133 Å². The van der Waals surface area contributed by atoms with E-state index in [1.807, 2.05) is 12.1 Å². The third-order valence-electron chi connectivity index (χ3n) is 5.27. The zero-order valence-corrected chi connectivity index (χ0v) is 18.9. The molecule has 1 unspecified atom stereocenters. The van der Waals surface area contributed by atoms with Gasteiger partial charge in [0.1, 0.15) is 12.1 Å². The van der Waals surface area contributed by atoms with E-state index in [4.69, 9.17) is 17.3 Å². The molecular formula is C21H30ClN3O5S. The molecule has 1 aromatic rings. The van der Waals surface area contributed by atoms with E-state index in [2.05, 4.69) is 5.32 Å². The lowest BCUT2D eigenvalue weighted by Crippen LogP contribution is -2.54. The maximum atomic E-state index is 13.2. The Hall–Kier alpha value is -1.81. The summed E-state index contributed by atoms with van der Waals surface area (Å²) in [6.45, 7) is 0.884. The minimum atomic E-state index is -1.04. The molecule has 0 aromatic heterocycles. The number of nitrogens with one attached hydrogen (secondary N) is 1. The molecule has 0 saturated carbocycles. The summed E-state index contributed by atoms with van der Waals surface area (Å²) < 4.78 is 0. The van der Waals surface area contributed by atoms with Crippen LogP contribution in [0.15, 0.2) is 24.3 Å². The Morgan fingerprint density at radius 1 is 1.16 bits per heavy atom. The number of amides is 1. The largest absolute Gasteiger partial charge is 0.480 e. The average molecular weight is 472 g/mol. The van der Waals surface area contributed by atoms with Crippen molar-refractivity contribution in [3.63, 3.8) is 0 Å². The fraction of sp³-hybridized carbons (Fsp3) is 0.571. The SMILES string of the molecule is NCCSCC[C@H](NC(CCc1ccc(Cl)cc1)C(=O)O)C(=O)N1CCC[C@H]1C(=O)O. The summed E-state index contributed by atoms with van der Waals surface area (Å²) in [4.78, 5) is 37.9. The number of thioether (sulfide) groups is 1. The van der Waals surface area contributed by atoms with E-state index in [1.54, 1.807) is 23.9 Å². The number of carboxylic acids is 2. The van der Waals surface area contributed by atoms with E-state index in [-0.39, 0.29) is 5.91 Å². The first-order valence-electron chi connectivity index (χ1n) is 10.4. The molecule has 1 amide bonds. The first-order valence-corrected chi connectivity index (χ1v) is 11.9. The van der Waals surface area contributed by atoms with Crippen LogP contribution in [0.3, 0.4) is 0 Å². The van der Waals surface area contributed by atoms with Crippen LogP contribution >= 0.6 is 23.4 Å². The molecule has 5 N–H and O–H groups in total. The van der Waals surface area contributed by atoms with Crippen LogP contribution < -0.4 is 11.1 Å². The first-order chi connectivity index (χ1) is 14.8. The fourth-order valence-corrected chi connectivity index (χ4v) is 4.53. The second-order valence-corrected chi connectivity index (χ2v) is 9.15. The molecule has 2 rings (SSSR count). The van der Waals surface area contributed by atoms with Crippen LogP contribution in [0.4, 0.5) is 0 Å². The van der Waals surface area contributed by atoms with Gasteiger partial charge in [-0.25, -0.2) is 4.79 Å². The van der Waals surface area contributed by atoms with Crippen molar-refractivity contribution >= 4 is 41.2 Å². The predicted molar refractivity (Wildman–Crippen MR) is 121 cm³/mol. The maximum absolute atomic E-state index is 13.2. The van der Waals surface area contributed by atoms with Crippen molar-refractivity contribution < 1.29 is 24.6 Å². The fourth-order valence-electron chi connectivity index (χ4n) is 3.64. The van der Waals surface area contributed by atoms with E-state index in [9.17, 15) is 24.6 Å². The molecule has 3 atom stereocenters. The number of carbonyl (C=O) groups excluding carboxylic acids is 1. The molecule has 1 aromatic carbocycles. The van der Waals surface area contributed by atoms with Crippen molar-refractivity contribution in [2.75, 3.05) is 24.6 Å². The van der Waals surface area contributed by atoms with E-state index in [0.717, 1.165) is 11.3 Å². The van der Waals surface area contributed by atoms with Crippen LogP contribution in [0.1, 0.15) is 31.2 Å². The third kappa shape index (κ3) is 7.99. The number of hydrogen-bond donors (Lipinski definition) is 4. The highest BCUT2D eigenvalue weighted by Crippen LogP contribution is 2.20. The van der Waals surface area contributed by atoms with Gasteiger partial charge in [-0.1, -0.05) is 23.7 Å². The molecule has 1 aliphatic heterocycles. The number of likely N-dealkylation sites (tertiary alicyclic amines) is 1. The standard InChI is InChI=1S/C21H30ClN3O5S/c22-15-6-3-14(4-7-15)5-8-17(20(27)28)24-16(9-12-31-13-10-23)19(26)25-11-1-2-18(25)21(29)30/h3-4,6-7,16-18,24H,1-2,5,8-13,23H2,(H,27,28)(H,29,30)/t16-,17?,18-/m0/s1. The number of hydrogen-bond acceptors (Lipinski definition) is 6. The Labute approximate surface area is 191 Å². The number of halogens is 1. The van der Waals surface area contributed by atoms with Gasteiger partial charge in [-0.05, 0) is 55.6 Å². The van der Waals surface area contributed by atoms with Gasteiger partial charge in [-0.2, -0.15) is 11.8 Å². The summed E-state index contributed by atoms with van der Waals surface area (Å²) in [6.07, 6.45) is 2.23. The quantitative estimate of drug-likeness (QED) is 0.320. The Bertz CT molecular complexity index is 749. The molecule has 172 valence electrons. The second kappa shape index (κ2) is 12.9. The van der Waals surface area contributed by atoms with Crippen molar-refractivity contribution in [2.24, 2.45) is 5.73 Å². The summed E-state index contributed by atoms with van der Waals surface area (Å²) >= 11 is 7.48. The number of aliphatic carboxylic acids is 2. The van der Waals surface area contributed by atoms with Crippen molar-refractivity contribution in [1.29, 1.82) is 0 Å². The highest BCUT2D eigenvalue weighted by Gasteiger charge is 2.38. The predicted octanol–water partition coefficient (Wildman–Crippen LogP) is 1.84. The monoisotopic (exact) mass is 471 g/mol. The summed E-state index contributed by atoms with van der Waals surface area (Å²) in [5, 5.41) is 22.7. The molecule has 1 aliphatic rings. The molecule has 0 spiro atoms. The number of nitrogens with two attached hydrogens (primary N) is 1. The molecule has 0 radical (unpaired) electrons. The van der Waals surface area contributed by atoms with Crippen LogP contribution in [-0.4, -0.2) is 75.7 Å². The number of nitrogens with zero attached hydrogens (tertiary/aromatic N) is 1. The molecule has 0 bridgehead atoms. The number of rotatable bonds is 13. The lowest BCUT2D eigenvalue weighted by molar-refractivity contribution is -0.149. The molecule has 10 heteroatoms. The first kappa shape index (κ1) is 25.5. The van der Waals surface area contributed by atoms with Crippen LogP contribution in [0, 0.1) is 0 Å². The molecule has 31 heavy (non-hydrogen) atoms. The van der Waals surface area contributed by atoms with E-state index >= 15 is 0 Å². The second-order valence-electron chi connectivity index (χ2n) is 7.49. The van der Waals surface area contributed by atoms with Crippen molar-refractivity contribution in [3.05, 3.63) is 34.9 Å². The van der Waals surface area contributed by atoms with Gasteiger partial charge in [0.2, 0.25) is 5.91 Å². The minimum Gasteiger partial charge on any atom is -0.480 e. The van der Waals surface area contributed by atoms with Crippen LogP contribution in [-0.2, 0) is 20.8 Å². The highest BCUT2D eigenvalue weighted by molar-refractivity contribution is 7.99. The van der Waals surface area contributed by atoms with Gasteiger partial charge in [0.15, 0.2) is 0 Å². The minimum absolute atomic E-state index is 0.291. The Kier molecular flexibility index (Phi) is 10.6. The number of carbonyl (C=O) groups is 3. The van der Waals surface area contributed by atoms with Gasteiger partial charge in [0.25, 0.3) is 0 Å². The number of carboxylic acid groups (broad SMARTS) is 2. The summed E-state index contributed by atoms with van der Waals surface area (Å²) in [5.74, 6) is -1.06. The summed E-state index contributed by atoms with van der Waals surface area (Å²) in [6, 6.07) is 4.63. The molecule has 1 heterocycles. The smallest absolute Gasteiger partial charge is 0.326 e. The van der Waals surface area contributed by atoms with Gasteiger partial charge in [-0.3, -0.25) is 14.9 Å². The van der Waals surface area contributed by atoms with Crippen LogP contribution in [0.5, 0.6) is 0 Å². The Morgan fingerprint density at radius 2 is 1.87 bits per heavy atom. The summed E-state index contributed by atoms with van der Waals surface area (Å²) in [7, 11) is 0. The van der Waals surface area contributed by atoms with Gasteiger partial charge in [-0.15, -0.1) is 0 Å². The van der Waals surface area contributed by atoms with Crippen LogP contribution in [0.25, 0.3) is 0 Å². The van der Waals surface area contributed by atoms with Crippen molar-refractivity contribution in [2.45, 2.75) is 50.2 Å². The molecule has 8 nitrogen and oxygen atoms in total. The van der Waals surface area contributed by atoms with Gasteiger partial charge >= 0.3 is 11.9 Å². The van der Waals surface area contributed by atoms with Crippen LogP contribution in [0.2, 0.25) is 5.02 Å². The molecule has 1 fully saturated rings. The molecular weight excluding hydrogens is 442 g/mol. The van der Waals surface area contributed by atoms with E-state index in [1.165, 1.54) is 4.90 Å². The summed E-state index contributed by atoms with van der Waals surface area (Å²) in [5.41, 5.74) is 6.47. The number of aryl methyl sites for hydroxylation is 1. The normalized spacial score (nSPS) is 18.0. The number of benzene rings is 1. The highest BCUT2D eigenvalue weighted by atomic mass is 35.5. The van der Waals surface area contributed by atoms with E-state index < -0.39 is 30.1 Å². The zero-order chi connectivity index (χ0) is 22.8. The maximum Gasteiger partial charge on any atom is 0.326 e. The Balaban J connectivity index is 2.08. The Morgan fingerprint density at radius 3 is 2.48 bits per heavy atom. The lowest BCUT2D eigenvalue weighted by Gasteiger charge is -2.29. The zero-order valence-electron chi connectivity index (χ0n) is 17.3. The van der Waals surface area contributed by atoms with Gasteiger partial charge < -0.3 is 20.8 Å². The lowest BCUT2D eigenvalue weighted by atomic mass is 10.0. The van der Waals surface area contributed by atoms with Gasteiger partial charge in [0.05, 0.1) is 6.04 Å². The average Bonchev–Trinajstić information content (AvgIpc) is 3.23. The molecule has 0 aliphatic carbocycles.